The molecule has 2 rings (SSSR count). The zero-order chi connectivity index (χ0) is 13.0. The maximum atomic E-state index is 5.93. The molecule has 18 heavy (non-hydrogen) atoms. The number of benzene rings is 1. The van der Waals surface area contributed by atoms with Gasteiger partial charge in [0.15, 0.2) is 0 Å². The van der Waals surface area contributed by atoms with Crippen LogP contribution in [0.25, 0.3) is 0 Å². The van der Waals surface area contributed by atoms with E-state index in [0.717, 1.165) is 18.8 Å². The van der Waals surface area contributed by atoms with Crippen molar-refractivity contribution in [2.24, 2.45) is 5.73 Å². The minimum absolute atomic E-state index is 0.217. The third kappa shape index (κ3) is 4.01. The molecule has 1 saturated heterocycles. The summed E-state index contributed by atoms with van der Waals surface area (Å²) in [6.07, 6.45) is 3.82. The molecule has 1 aliphatic rings. The average molecular weight is 265 g/mol. The van der Waals surface area contributed by atoms with Gasteiger partial charge in [-0.1, -0.05) is 17.7 Å². The van der Waals surface area contributed by atoms with Gasteiger partial charge in [-0.15, -0.1) is 11.8 Å². The monoisotopic (exact) mass is 265 g/mol. The largest absolute Gasteiger partial charge is 0.377 e. The lowest BCUT2D eigenvalue weighted by molar-refractivity contribution is 0.129. The molecule has 0 amide bonds. The van der Waals surface area contributed by atoms with Gasteiger partial charge in [-0.25, -0.2) is 0 Å². The van der Waals surface area contributed by atoms with Crippen LogP contribution >= 0.6 is 11.8 Å². The Kier molecular flexibility index (Phi) is 5.10. The molecule has 0 radical (unpaired) electrons. The molecule has 1 aromatic rings. The molecule has 3 heteroatoms. The highest BCUT2D eigenvalue weighted by atomic mass is 32.2. The lowest BCUT2D eigenvalue weighted by Gasteiger charge is -2.14. The molecule has 0 saturated carbocycles. The first kappa shape index (κ1) is 13.9. The number of nitrogens with two attached hydrogens (primary N) is 1. The first-order valence-corrected chi connectivity index (χ1v) is 7.73. The summed E-state index contributed by atoms with van der Waals surface area (Å²) >= 11 is 1.91. The van der Waals surface area contributed by atoms with Gasteiger partial charge in [-0.05, 0) is 44.7 Å². The van der Waals surface area contributed by atoms with Crippen LogP contribution in [0.4, 0.5) is 0 Å². The Morgan fingerprint density at radius 2 is 2.33 bits per heavy atom. The van der Waals surface area contributed by atoms with Gasteiger partial charge in [0.25, 0.3) is 0 Å². The third-order valence-electron chi connectivity index (χ3n) is 3.21. The van der Waals surface area contributed by atoms with E-state index >= 15 is 0 Å². The summed E-state index contributed by atoms with van der Waals surface area (Å²) in [6.45, 7) is 5.14. The van der Waals surface area contributed by atoms with E-state index in [1.807, 2.05) is 11.8 Å². The maximum absolute atomic E-state index is 5.93. The zero-order valence-corrected chi connectivity index (χ0v) is 12.1. The molecule has 1 fully saturated rings. The van der Waals surface area contributed by atoms with E-state index in [-0.39, 0.29) is 6.04 Å². The molecular formula is C15H23NOS. The van der Waals surface area contributed by atoms with Crippen LogP contribution in [0.3, 0.4) is 0 Å². The first-order valence-electron chi connectivity index (χ1n) is 6.74. The van der Waals surface area contributed by atoms with Gasteiger partial charge in [-0.3, -0.25) is 0 Å². The molecule has 0 bridgehead atoms. The van der Waals surface area contributed by atoms with Crippen molar-refractivity contribution in [3.63, 3.8) is 0 Å². The van der Waals surface area contributed by atoms with Gasteiger partial charge < -0.3 is 10.5 Å². The van der Waals surface area contributed by atoms with Gasteiger partial charge in [0.05, 0.1) is 6.10 Å². The standard InChI is InChI=1S/C15H23NOS/c1-11-5-6-15(13(8-11)9-12(2)16)18-10-14-4-3-7-17-14/h5-6,8,12,14H,3-4,7,9-10,16H2,1-2H3. The smallest absolute Gasteiger partial charge is 0.0669 e. The first-order chi connectivity index (χ1) is 8.65. The van der Waals surface area contributed by atoms with Crippen molar-refractivity contribution in [1.29, 1.82) is 0 Å². The fourth-order valence-electron chi connectivity index (χ4n) is 2.31. The third-order valence-corrected chi connectivity index (χ3v) is 4.45. The molecule has 0 spiro atoms. The van der Waals surface area contributed by atoms with Crippen LogP contribution in [-0.2, 0) is 11.2 Å². The topological polar surface area (TPSA) is 35.2 Å². The summed E-state index contributed by atoms with van der Waals surface area (Å²) in [6, 6.07) is 6.89. The SMILES string of the molecule is Cc1ccc(SCC2CCCO2)c(CC(C)N)c1. The summed E-state index contributed by atoms with van der Waals surface area (Å²) in [7, 11) is 0. The van der Waals surface area contributed by atoms with Gasteiger partial charge in [0.2, 0.25) is 0 Å². The number of aryl methyl sites for hydroxylation is 1. The number of thioether (sulfide) groups is 1. The van der Waals surface area contributed by atoms with E-state index < -0.39 is 0 Å². The lowest BCUT2D eigenvalue weighted by Crippen LogP contribution is -2.18. The van der Waals surface area contributed by atoms with Gasteiger partial charge in [0, 0.05) is 23.3 Å². The van der Waals surface area contributed by atoms with Crippen molar-refractivity contribution in [3.05, 3.63) is 29.3 Å². The fourth-order valence-corrected chi connectivity index (χ4v) is 3.43. The Labute approximate surface area is 114 Å². The van der Waals surface area contributed by atoms with E-state index in [2.05, 4.69) is 32.0 Å². The number of ether oxygens (including phenoxy) is 1. The molecule has 2 nitrogen and oxygen atoms in total. The fraction of sp³-hybridized carbons (Fsp3) is 0.600. The van der Waals surface area contributed by atoms with E-state index in [0.29, 0.717) is 6.10 Å². The molecule has 1 heterocycles. The van der Waals surface area contributed by atoms with Crippen LogP contribution in [-0.4, -0.2) is 24.5 Å². The van der Waals surface area contributed by atoms with Crippen LogP contribution in [0.5, 0.6) is 0 Å². The molecule has 0 aliphatic carbocycles. The summed E-state index contributed by atoms with van der Waals surface area (Å²) < 4.78 is 5.67. The predicted octanol–water partition coefficient (Wildman–Crippen LogP) is 3.16. The second-order valence-electron chi connectivity index (χ2n) is 5.24. The Morgan fingerprint density at radius 3 is 3.00 bits per heavy atom. The van der Waals surface area contributed by atoms with E-state index in [9.17, 15) is 0 Å². The minimum atomic E-state index is 0.217. The maximum Gasteiger partial charge on any atom is 0.0669 e. The summed E-state index contributed by atoms with van der Waals surface area (Å²) in [5, 5.41) is 0. The molecule has 0 aromatic heterocycles. The lowest BCUT2D eigenvalue weighted by atomic mass is 10.1. The van der Waals surface area contributed by atoms with E-state index in [4.69, 9.17) is 10.5 Å². The average Bonchev–Trinajstić information content (AvgIpc) is 2.80. The van der Waals surface area contributed by atoms with Crippen LogP contribution in [0.2, 0.25) is 0 Å². The number of hydrogen-bond acceptors (Lipinski definition) is 3. The number of hydrogen-bond donors (Lipinski definition) is 1. The highest BCUT2D eigenvalue weighted by molar-refractivity contribution is 7.99. The second-order valence-corrected chi connectivity index (χ2v) is 6.30. The van der Waals surface area contributed by atoms with Crippen molar-refractivity contribution >= 4 is 11.8 Å². The molecule has 1 aromatic carbocycles. The molecule has 100 valence electrons. The summed E-state index contributed by atoms with van der Waals surface area (Å²) in [5.41, 5.74) is 8.62. The molecule has 2 unspecified atom stereocenters. The van der Waals surface area contributed by atoms with Crippen molar-refractivity contribution in [3.8, 4) is 0 Å². The summed E-state index contributed by atoms with van der Waals surface area (Å²) in [4.78, 5) is 1.37. The van der Waals surface area contributed by atoms with Crippen LogP contribution in [0.1, 0.15) is 30.9 Å². The van der Waals surface area contributed by atoms with Crippen LogP contribution < -0.4 is 5.73 Å². The van der Waals surface area contributed by atoms with Crippen LogP contribution in [0.15, 0.2) is 23.1 Å². The predicted molar refractivity (Wildman–Crippen MR) is 78.2 cm³/mol. The van der Waals surface area contributed by atoms with Gasteiger partial charge >= 0.3 is 0 Å². The number of rotatable bonds is 5. The van der Waals surface area contributed by atoms with Crippen molar-refractivity contribution in [2.45, 2.75) is 50.2 Å². The second kappa shape index (κ2) is 6.60. The Balaban J connectivity index is 2.00. The Bertz CT molecular complexity index is 386. The van der Waals surface area contributed by atoms with Gasteiger partial charge in [-0.2, -0.15) is 0 Å². The van der Waals surface area contributed by atoms with Crippen molar-refractivity contribution in [2.75, 3.05) is 12.4 Å². The quantitative estimate of drug-likeness (QED) is 0.831. The molecule has 2 atom stereocenters. The van der Waals surface area contributed by atoms with E-state index in [1.54, 1.807) is 0 Å². The van der Waals surface area contributed by atoms with Gasteiger partial charge in [0.1, 0.15) is 0 Å². The van der Waals surface area contributed by atoms with Crippen molar-refractivity contribution in [1.82, 2.24) is 0 Å². The van der Waals surface area contributed by atoms with Crippen LogP contribution in [0, 0.1) is 6.92 Å². The molecular weight excluding hydrogens is 242 g/mol. The van der Waals surface area contributed by atoms with E-state index in [1.165, 1.54) is 28.9 Å². The van der Waals surface area contributed by atoms with Crippen molar-refractivity contribution < 1.29 is 4.74 Å². The minimum Gasteiger partial charge on any atom is -0.377 e. The Hall–Kier alpha value is -0.510. The Morgan fingerprint density at radius 1 is 1.50 bits per heavy atom. The summed E-state index contributed by atoms with van der Waals surface area (Å²) in [5.74, 6) is 1.06. The highest BCUT2D eigenvalue weighted by Crippen LogP contribution is 2.28. The molecule has 1 aliphatic heterocycles. The normalized spacial score (nSPS) is 21.2. The molecule has 2 N–H and O–H groups in total. The highest BCUT2D eigenvalue weighted by Gasteiger charge is 2.16. The zero-order valence-electron chi connectivity index (χ0n) is 11.3.